The largest absolute Gasteiger partial charge is 0.345 e. The maximum Gasteiger partial charge on any atom is 0.251 e. The van der Waals surface area contributed by atoms with Crippen LogP contribution in [0.3, 0.4) is 0 Å². The van der Waals surface area contributed by atoms with Crippen LogP contribution in [0, 0.1) is 18.7 Å². The Labute approximate surface area is 107 Å². The van der Waals surface area contributed by atoms with Gasteiger partial charge in [0.05, 0.1) is 5.54 Å². The number of nitrogens with two attached hydrogens (primary N) is 1. The molecular weight excluding hydrogens is 231 g/mol. The Morgan fingerprint density at radius 3 is 2.72 bits per heavy atom. The zero-order chi connectivity index (χ0) is 13.3. The summed E-state index contributed by atoms with van der Waals surface area (Å²) < 4.78 is 13.4. The maximum atomic E-state index is 13.4. The van der Waals surface area contributed by atoms with Gasteiger partial charge in [-0.05, 0) is 50.3 Å². The number of carbonyl (C=O) groups is 1. The Hall–Kier alpha value is -1.42. The summed E-state index contributed by atoms with van der Waals surface area (Å²) >= 11 is 0. The Kier molecular flexibility index (Phi) is 3.39. The number of nitrogens with one attached hydrogen (secondary N) is 1. The Morgan fingerprint density at radius 1 is 1.56 bits per heavy atom. The minimum absolute atomic E-state index is 0.256. The third-order valence-corrected chi connectivity index (χ3v) is 3.74. The Bertz CT molecular complexity index is 471. The SMILES string of the molecule is Cc1ccc(C(=O)NC(C)(CN)C2CC2)cc1F. The van der Waals surface area contributed by atoms with Gasteiger partial charge < -0.3 is 11.1 Å². The van der Waals surface area contributed by atoms with Gasteiger partial charge in [-0.2, -0.15) is 0 Å². The van der Waals surface area contributed by atoms with Crippen LogP contribution in [0.1, 0.15) is 35.7 Å². The molecule has 18 heavy (non-hydrogen) atoms. The first kappa shape index (κ1) is 13.0. The maximum absolute atomic E-state index is 13.4. The van der Waals surface area contributed by atoms with E-state index in [4.69, 9.17) is 5.73 Å². The molecule has 98 valence electrons. The summed E-state index contributed by atoms with van der Waals surface area (Å²) in [6, 6.07) is 4.52. The molecule has 0 spiro atoms. The van der Waals surface area contributed by atoms with E-state index in [0.29, 0.717) is 23.6 Å². The Balaban J connectivity index is 2.13. The summed E-state index contributed by atoms with van der Waals surface area (Å²) in [4.78, 5) is 12.1. The molecule has 1 saturated carbocycles. The molecule has 0 radical (unpaired) electrons. The van der Waals surface area contributed by atoms with Crippen molar-refractivity contribution in [1.82, 2.24) is 5.32 Å². The van der Waals surface area contributed by atoms with Gasteiger partial charge in [0, 0.05) is 12.1 Å². The van der Waals surface area contributed by atoms with Crippen LogP contribution < -0.4 is 11.1 Å². The molecule has 2 rings (SSSR count). The van der Waals surface area contributed by atoms with E-state index in [2.05, 4.69) is 5.32 Å². The molecular formula is C14H19FN2O. The van der Waals surface area contributed by atoms with Crippen molar-refractivity contribution in [3.8, 4) is 0 Å². The van der Waals surface area contributed by atoms with Gasteiger partial charge in [-0.3, -0.25) is 4.79 Å². The average Bonchev–Trinajstić information content (AvgIpc) is 3.16. The van der Waals surface area contributed by atoms with Crippen LogP contribution in [0.25, 0.3) is 0 Å². The quantitative estimate of drug-likeness (QED) is 0.858. The van der Waals surface area contributed by atoms with E-state index in [0.717, 1.165) is 12.8 Å². The highest BCUT2D eigenvalue weighted by molar-refractivity contribution is 5.94. The van der Waals surface area contributed by atoms with Crippen molar-refractivity contribution >= 4 is 5.91 Å². The molecule has 1 aliphatic carbocycles. The predicted octanol–water partition coefficient (Wildman–Crippen LogP) is 1.99. The van der Waals surface area contributed by atoms with E-state index in [9.17, 15) is 9.18 Å². The lowest BCUT2D eigenvalue weighted by Crippen LogP contribution is -2.53. The van der Waals surface area contributed by atoms with E-state index in [1.165, 1.54) is 6.07 Å². The van der Waals surface area contributed by atoms with Crippen molar-refractivity contribution < 1.29 is 9.18 Å². The molecule has 1 amide bonds. The fraction of sp³-hybridized carbons (Fsp3) is 0.500. The zero-order valence-electron chi connectivity index (χ0n) is 10.8. The normalized spacial score (nSPS) is 18.2. The average molecular weight is 250 g/mol. The molecule has 1 atom stereocenters. The lowest BCUT2D eigenvalue weighted by molar-refractivity contribution is 0.0897. The fourth-order valence-corrected chi connectivity index (χ4v) is 2.11. The molecule has 0 aromatic heterocycles. The number of halogens is 1. The molecule has 0 saturated heterocycles. The van der Waals surface area contributed by atoms with E-state index in [-0.39, 0.29) is 17.3 Å². The van der Waals surface area contributed by atoms with Crippen LogP contribution in [0.15, 0.2) is 18.2 Å². The van der Waals surface area contributed by atoms with Crippen molar-refractivity contribution in [2.24, 2.45) is 11.7 Å². The first-order valence-corrected chi connectivity index (χ1v) is 6.25. The third kappa shape index (κ3) is 2.53. The van der Waals surface area contributed by atoms with Gasteiger partial charge >= 0.3 is 0 Å². The van der Waals surface area contributed by atoms with Gasteiger partial charge in [-0.25, -0.2) is 4.39 Å². The van der Waals surface area contributed by atoms with Crippen molar-refractivity contribution in [2.75, 3.05) is 6.54 Å². The van der Waals surface area contributed by atoms with Crippen LogP contribution in [0.2, 0.25) is 0 Å². The molecule has 0 bridgehead atoms. The highest BCUT2D eigenvalue weighted by Gasteiger charge is 2.41. The van der Waals surface area contributed by atoms with Crippen LogP contribution in [0.5, 0.6) is 0 Å². The minimum Gasteiger partial charge on any atom is -0.345 e. The van der Waals surface area contributed by atoms with E-state index >= 15 is 0 Å². The van der Waals surface area contributed by atoms with Gasteiger partial charge in [-0.15, -0.1) is 0 Å². The topological polar surface area (TPSA) is 55.1 Å². The second kappa shape index (κ2) is 4.69. The number of carbonyl (C=O) groups excluding carboxylic acids is 1. The highest BCUT2D eigenvalue weighted by atomic mass is 19.1. The monoisotopic (exact) mass is 250 g/mol. The minimum atomic E-state index is -0.377. The summed E-state index contributed by atoms with van der Waals surface area (Å²) in [5.74, 6) is -0.168. The van der Waals surface area contributed by atoms with Crippen LogP contribution in [0.4, 0.5) is 4.39 Å². The molecule has 3 N–H and O–H groups in total. The first-order valence-electron chi connectivity index (χ1n) is 6.25. The van der Waals surface area contributed by atoms with Gasteiger partial charge in [-0.1, -0.05) is 6.07 Å². The summed E-state index contributed by atoms with van der Waals surface area (Å²) in [7, 11) is 0. The number of hydrogen-bond acceptors (Lipinski definition) is 2. The number of amides is 1. The summed E-state index contributed by atoms with van der Waals surface area (Å²) in [6.07, 6.45) is 2.19. The first-order chi connectivity index (χ1) is 8.46. The lowest BCUT2D eigenvalue weighted by atomic mass is 9.95. The third-order valence-electron chi connectivity index (χ3n) is 3.74. The fourth-order valence-electron chi connectivity index (χ4n) is 2.11. The number of benzene rings is 1. The van der Waals surface area contributed by atoms with E-state index in [1.54, 1.807) is 19.1 Å². The zero-order valence-corrected chi connectivity index (χ0v) is 10.8. The van der Waals surface area contributed by atoms with Gasteiger partial charge in [0.25, 0.3) is 5.91 Å². The van der Waals surface area contributed by atoms with Crippen LogP contribution in [-0.2, 0) is 0 Å². The summed E-state index contributed by atoms with van der Waals surface area (Å²) in [6.45, 7) is 4.02. The molecule has 4 heteroatoms. The lowest BCUT2D eigenvalue weighted by Gasteiger charge is -2.29. The molecule has 0 heterocycles. The van der Waals surface area contributed by atoms with Gasteiger partial charge in [0.2, 0.25) is 0 Å². The summed E-state index contributed by atoms with van der Waals surface area (Å²) in [5, 5.41) is 2.94. The summed E-state index contributed by atoms with van der Waals surface area (Å²) in [5.41, 5.74) is 6.25. The van der Waals surface area contributed by atoms with Crippen LogP contribution >= 0.6 is 0 Å². The molecule has 1 aromatic rings. The Morgan fingerprint density at radius 2 is 2.22 bits per heavy atom. The second-order valence-electron chi connectivity index (χ2n) is 5.31. The van der Waals surface area contributed by atoms with E-state index < -0.39 is 0 Å². The molecule has 3 nitrogen and oxygen atoms in total. The molecule has 1 fully saturated rings. The van der Waals surface area contributed by atoms with Crippen molar-refractivity contribution in [3.63, 3.8) is 0 Å². The van der Waals surface area contributed by atoms with Crippen molar-refractivity contribution in [1.29, 1.82) is 0 Å². The van der Waals surface area contributed by atoms with Gasteiger partial charge in [0.15, 0.2) is 0 Å². The molecule has 1 unspecified atom stereocenters. The van der Waals surface area contributed by atoms with Crippen LogP contribution in [-0.4, -0.2) is 18.0 Å². The van der Waals surface area contributed by atoms with Crippen molar-refractivity contribution in [3.05, 3.63) is 35.1 Å². The number of hydrogen-bond donors (Lipinski definition) is 2. The number of rotatable bonds is 4. The molecule has 1 aromatic carbocycles. The molecule has 1 aliphatic rings. The van der Waals surface area contributed by atoms with E-state index in [1.807, 2.05) is 6.92 Å². The standard InChI is InChI=1S/C14H19FN2O/c1-9-3-4-10(7-12(9)15)13(18)17-14(2,8-16)11-5-6-11/h3-4,7,11H,5-6,8,16H2,1-2H3,(H,17,18). The molecule has 0 aliphatic heterocycles. The second-order valence-corrected chi connectivity index (χ2v) is 5.31. The predicted molar refractivity (Wildman–Crippen MR) is 68.8 cm³/mol. The smallest absolute Gasteiger partial charge is 0.251 e. The van der Waals surface area contributed by atoms with Crippen molar-refractivity contribution in [2.45, 2.75) is 32.2 Å². The number of aryl methyl sites for hydroxylation is 1. The highest BCUT2D eigenvalue weighted by Crippen LogP contribution is 2.39. The van der Waals surface area contributed by atoms with Gasteiger partial charge in [0.1, 0.15) is 5.82 Å².